The molecule has 3 nitrogen and oxygen atoms in total. The molecule has 2 saturated carbocycles. The van der Waals surface area contributed by atoms with E-state index in [1.165, 1.54) is 6.92 Å². The Morgan fingerprint density at radius 3 is 2.65 bits per heavy atom. The number of hydrogen-bond acceptors (Lipinski definition) is 3. The van der Waals surface area contributed by atoms with Crippen molar-refractivity contribution in [3.8, 4) is 0 Å². The van der Waals surface area contributed by atoms with Crippen LogP contribution < -0.4 is 0 Å². The van der Waals surface area contributed by atoms with E-state index in [1.54, 1.807) is 0 Å². The molecule has 0 aromatic rings. The van der Waals surface area contributed by atoms with E-state index in [1.807, 2.05) is 0 Å². The third-order valence-electron chi connectivity index (χ3n) is 5.57. The zero-order valence-corrected chi connectivity index (χ0v) is 13.2. The molecule has 0 amide bonds. The van der Waals surface area contributed by atoms with Crippen LogP contribution in [0.4, 0.5) is 0 Å². The Kier molecular flexibility index (Phi) is 4.29. The van der Waals surface area contributed by atoms with Gasteiger partial charge in [0.2, 0.25) is 0 Å². The highest BCUT2D eigenvalue weighted by Gasteiger charge is 2.54. The van der Waals surface area contributed by atoms with Gasteiger partial charge in [0.05, 0.1) is 6.10 Å². The van der Waals surface area contributed by atoms with Crippen LogP contribution in [0.2, 0.25) is 0 Å². The molecule has 2 aliphatic carbocycles. The lowest BCUT2D eigenvalue weighted by Gasteiger charge is -2.55. The zero-order valence-electron chi connectivity index (χ0n) is 13.2. The van der Waals surface area contributed by atoms with Gasteiger partial charge in [0.15, 0.2) is 0 Å². The Bertz CT molecular complexity index is 401. The van der Waals surface area contributed by atoms with Crippen LogP contribution in [-0.4, -0.2) is 23.3 Å². The monoisotopic (exact) mass is 280 g/mol. The fraction of sp³-hybridized carbons (Fsp3) is 0.824. The number of rotatable bonds is 2. The van der Waals surface area contributed by atoms with Crippen molar-refractivity contribution >= 4 is 5.97 Å². The van der Waals surface area contributed by atoms with Crippen molar-refractivity contribution in [3.63, 3.8) is 0 Å². The molecule has 5 unspecified atom stereocenters. The van der Waals surface area contributed by atoms with Crippen molar-refractivity contribution in [2.24, 2.45) is 23.2 Å². The average molecular weight is 280 g/mol. The smallest absolute Gasteiger partial charge is 0.302 e. The molecule has 0 radical (unpaired) electrons. The standard InChI is InChI=1S/C17H28O3/c1-10(2)13-8-9-17(5)14(20-12(4)18)7-6-11(3)15(17)16(13)19/h10,13-16,19H,3,6-9H2,1-2,4-5H3. The van der Waals surface area contributed by atoms with E-state index in [0.29, 0.717) is 11.8 Å². The molecular weight excluding hydrogens is 252 g/mol. The molecule has 0 spiro atoms. The molecule has 2 aliphatic rings. The van der Waals surface area contributed by atoms with Crippen LogP contribution in [0.15, 0.2) is 12.2 Å². The van der Waals surface area contributed by atoms with Gasteiger partial charge >= 0.3 is 5.97 Å². The van der Waals surface area contributed by atoms with Crippen LogP contribution in [0.5, 0.6) is 0 Å². The van der Waals surface area contributed by atoms with Crippen LogP contribution in [-0.2, 0) is 9.53 Å². The van der Waals surface area contributed by atoms with Crippen LogP contribution in [0.3, 0.4) is 0 Å². The summed E-state index contributed by atoms with van der Waals surface area (Å²) in [4.78, 5) is 11.4. The van der Waals surface area contributed by atoms with Crippen molar-refractivity contribution in [3.05, 3.63) is 12.2 Å². The summed E-state index contributed by atoms with van der Waals surface area (Å²) in [5.41, 5.74) is 0.972. The van der Waals surface area contributed by atoms with E-state index in [2.05, 4.69) is 27.4 Å². The van der Waals surface area contributed by atoms with Gasteiger partial charge in [-0.1, -0.05) is 32.9 Å². The topological polar surface area (TPSA) is 46.5 Å². The summed E-state index contributed by atoms with van der Waals surface area (Å²) in [5, 5.41) is 10.8. The van der Waals surface area contributed by atoms with Gasteiger partial charge in [-0.2, -0.15) is 0 Å². The lowest BCUT2D eigenvalue weighted by molar-refractivity contribution is -0.170. The van der Waals surface area contributed by atoms with E-state index >= 15 is 0 Å². The predicted molar refractivity (Wildman–Crippen MR) is 79.1 cm³/mol. The first kappa shape index (κ1) is 15.6. The SMILES string of the molecule is C=C1CCC(OC(C)=O)C2(C)CCC(C(C)C)C(O)C12. The number of carbonyl (C=O) groups is 1. The second-order valence-electron chi connectivity index (χ2n) is 7.22. The molecule has 0 saturated heterocycles. The minimum absolute atomic E-state index is 0.0572. The predicted octanol–water partition coefficient (Wildman–Crippen LogP) is 3.32. The fourth-order valence-corrected chi connectivity index (χ4v) is 4.43. The first-order valence-corrected chi connectivity index (χ1v) is 7.80. The average Bonchev–Trinajstić information content (AvgIpc) is 2.32. The number of carbonyl (C=O) groups excluding carboxylic acids is 1. The highest BCUT2D eigenvalue weighted by atomic mass is 16.5. The summed E-state index contributed by atoms with van der Waals surface area (Å²) in [5.74, 6) is 0.627. The first-order valence-electron chi connectivity index (χ1n) is 7.80. The van der Waals surface area contributed by atoms with Gasteiger partial charge in [-0.05, 0) is 37.5 Å². The lowest BCUT2D eigenvalue weighted by atomic mass is 9.53. The third-order valence-corrected chi connectivity index (χ3v) is 5.57. The Balaban J connectivity index is 2.29. The van der Waals surface area contributed by atoms with E-state index in [0.717, 1.165) is 31.3 Å². The van der Waals surface area contributed by atoms with Crippen LogP contribution in [0.25, 0.3) is 0 Å². The van der Waals surface area contributed by atoms with Gasteiger partial charge in [-0.15, -0.1) is 0 Å². The van der Waals surface area contributed by atoms with Crippen molar-refractivity contribution in [1.29, 1.82) is 0 Å². The second-order valence-corrected chi connectivity index (χ2v) is 7.22. The number of aliphatic hydroxyl groups is 1. The Hall–Kier alpha value is -0.830. The maximum atomic E-state index is 11.4. The third kappa shape index (κ3) is 2.52. The molecule has 0 aliphatic heterocycles. The molecular formula is C17H28O3. The molecule has 3 heteroatoms. The zero-order chi connectivity index (χ0) is 15.1. The minimum atomic E-state index is -0.361. The summed E-state index contributed by atoms with van der Waals surface area (Å²) >= 11 is 0. The van der Waals surface area contributed by atoms with Gasteiger partial charge in [0, 0.05) is 18.3 Å². The first-order chi connectivity index (χ1) is 9.27. The van der Waals surface area contributed by atoms with Crippen LogP contribution in [0, 0.1) is 23.2 Å². The number of hydrogen-bond donors (Lipinski definition) is 1. The number of fused-ring (bicyclic) bond motifs is 1. The van der Waals surface area contributed by atoms with E-state index in [9.17, 15) is 9.90 Å². The van der Waals surface area contributed by atoms with Crippen molar-refractivity contribution in [2.45, 2.75) is 65.6 Å². The highest BCUT2D eigenvalue weighted by molar-refractivity contribution is 5.66. The molecule has 20 heavy (non-hydrogen) atoms. The largest absolute Gasteiger partial charge is 0.462 e. The summed E-state index contributed by atoms with van der Waals surface area (Å²) < 4.78 is 5.56. The molecule has 2 fully saturated rings. The van der Waals surface area contributed by atoms with Gasteiger partial charge in [-0.3, -0.25) is 4.79 Å². The number of aliphatic hydroxyl groups excluding tert-OH is 1. The summed E-state index contributed by atoms with van der Waals surface area (Å²) in [6.07, 6.45) is 3.23. The minimum Gasteiger partial charge on any atom is -0.462 e. The molecule has 0 aromatic heterocycles. The maximum Gasteiger partial charge on any atom is 0.302 e. The van der Waals surface area contributed by atoms with Crippen molar-refractivity contribution < 1.29 is 14.6 Å². The van der Waals surface area contributed by atoms with Crippen LogP contribution >= 0.6 is 0 Å². The van der Waals surface area contributed by atoms with Crippen molar-refractivity contribution in [2.75, 3.05) is 0 Å². The molecule has 0 aromatic carbocycles. The number of ether oxygens (including phenoxy) is 1. The van der Waals surface area contributed by atoms with E-state index in [-0.39, 0.29) is 29.5 Å². The molecule has 0 heterocycles. The Labute approximate surface area is 122 Å². The molecule has 114 valence electrons. The maximum absolute atomic E-state index is 11.4. The molecule has 1 N–H and O–H groups in total. The van der Waals surface area contributed by atoms with Gasteiger partial charge in [0.1, 0.15) is 6.10 Å². The number of esters is 1. The Morgan fingerprint density at radius 2 is 2.10 bits per heavy atom. The second kappa shape index (κ2) is 5.51. The molecule has 0 bridgehead atoms. The van der Waals surface area contributed by atoms with E-state index < -0.39 is 0 Å². The highest BCUT2D eigenvalue weighted by Crippen LogP contribution is 2.55. The van der Waals surface area contributed by atoms with Gasteiger partial charge in [-0.25, -0.2) is 0 Å². The van der Waals surface area contributed by atoms with Crippen molar-refractivity contribution in [1.82, 2.24) is 0 Å². The summed E-state index contributed by atoms with van der Waals surface area (Å²) in [7, 11) is 0. The molecule has 5 atom stereocenters. The fourth-order valence-electron chi connectivity index (χ4n) is 4.43. The molecule has 2 rings (SSSR count). The van der Waals surface area contributed by atoms with E-state index in [4.69, 9.17) is 4.74 Å². The van der Waals surface area contributed by atoms with Crippen LogP contribution in [0.1, 0.15) is 53.4 Å². The van der Waals surface area contributed by atoms with Gasteiger partial charge < -0.3 is 9.84 Å². The Morgan fingerprint density at radius 1 is 1.45 bits per heavy atom. The normalized spacial score (nSPS) is 41.4. The summed E-state index contributed by atoms with van der Waals surface area (Å²) in [6, 6.07) is 0. The quantitative estimate of drug-likeness (QED) is 0.623. The lowest BCUT2D eigenvalue weighted by Crippen LogP contribution is -2.55. The summed E-state index contributed by atoms with van der Waals surface area (Å²) in [6.45, 7) is 12.2. The van der Waals surface area contributed by atoms with Gasteiger partial charge in [0.25, 0.3) is 0 Å².